The molecule has 0 spiro atoms. The second kappa shape index (κ2) is 6.57. The van der Waals surface area contributed by atoms with Gasteiger partial charge in [0.1, 0.15) is 18.2 Å². The monoisotopic (exact) mass is 358 g/mol. The van der Waals surface area contributed by atoms with Crippen molar-refractivity contribution in [2.45, 2.75) is 19.6 Å². The molecule has 0 unspecified atom stereocenters. The first-order valence-electron chi connectivity index (χ1n) is 6.01. The van der Waals surface area contributed by atoms with Crippen molar-refractivity contribution in [2.75, 3.05) is 0 Å². The fourth-order valence-corrected chi connectivity index (χ4v) is 2.36. The van der Waals surface area contributed by atoms with Gasteiger partial charge in [-0.2, -0.15) is 0 Å². The average molecular weight is 360 g/mol. The van der Waals surface area contributed by atoms with Crippen molar-refractivity contribution < 1.29 is 14.2 Å². The Balaban J connectivity index is 2.13. The zero-order valence-corrected chi connectivity index (χ0v) is 13.1. The first-order chi connectivity index (χ1) is 9.47. The lowest BCUT2D eigenvalue weighted by Crippen LogP contribution is -2.00. The number of benzene rings is 2. The molecular formula is C15H13BrClFO2. The van der Waals surface area contributed by atoms with Crippen LogP contribution in [0.2, 0.25) is 5.02 Å². The Morgan fingerprint density at radius 2 is 2.05 bits per heavy atom. The smallest absolute Gasteiger partial charge is 0.138 e. The van der Waals surface area contributed by atoms with E-state index >= 15 is 0 Å². The molecule has 0 fully saturated rings. The van der Waals surface area contributed by atoms with E-state index in [0.29, 0.717) is 21.9 Å². The van der Waals surface area contributed by atoms with E-state index in [-0.39, 0.29) is 12.4 Å². The van der Waals surface area contributed by atoms with E-state index in [1.807, 2.05) is 0 Å². The zero-order valence-electron chi connectivity index (χ0n) is 10.7. The van der Waals surface area contributed by atoms with Crippen molar-refractivity contribution in [3.05, 3.63) is 62.8 Å². The summed E-state index contributed by atoms with van der Waals surface area (Å²) in [7, 11) is 0. The number of hydrogen-bond acceptors (Lipinski definition) is 2. The molecule has 0 saturated carbocycles. The van der Waals surface area contributed by atoms with E-state index in [9.17, 15) is 9.50 Å². The Bertz CT molecular complexity index is 617. The minimum Gasteiger partial charge on any atom is -0.487 e. The molecule has 0 aromatic heterocycles. The summed E-state index contributed by atoms with van der Waals surface area (Å²) >= 11 is 9.36. The van der Waals surface area contributed by atoms with Crippen LogP contribution < -0.4 is 4.74 Å². The first-order valence-corrected chi connectivity index (χ1v) is 7.18. The summed E-state index contributed by atoms with van der Waals surface area (Å²) in [6, 6.07) is 9.69. The summed E-state index contributed by atoms with van der Waals surface area (Å²) < 4.78 is 19.9. The predicted octanol–water partition coefficient (Wildman–Crippen LogP) is 4.87. The number of aliphatic hydroxyl groups excluding tert-OH is 1. The van der Waals surface area contributed by atoms with Crippen LogP contribution in [0, 0.1) is 5.82 Å². The van der Waals surface area contributed by atoms with Crippen LogP contribution in [0.3, 0.4) is 0 Å². The van der Waals surface area contributed by atoms with Gasteiger partial charge in [0.2, 0.25) is 0 Å². The Morgan fingerprint density at radius 1 is 1.30 bits per heavy atom. The molecule has 2 nitrogen and oxygen atoms in total. The molecule has 106 valence electrons. The lowest BCUT2D eigenvalue weighted by molar-refractivity contribution is 0.199. The van der Waals surface area contributed by atoms with Crippen LogP contribution in [0.4, 0.5) is 4.39 Å². The van der Waals surface area contributed by atoms with E-state index < -0.39 is 6.10 Å². The van der Waals surface area contributed by atoms with Crippen molar-refractivity contribution in [3.63, 3.8) is 0 Å². The highest BCUT2D eigenvalue weighted by Crippen LogP contribution is 2.29. The Labute approximate surface area is 130 Å². The van der Waals surface area contributed by atoms with Gasteiger partial charge in [0.15, 0.2) is 0 Å². The number of aliphatic hydroxyl groups is 1. The number of halogens is 3. The molecule has 0 heterocycles. The molecule has 0 saturated heterocycles. The highest BCUT2D eigenvalue weighted by molar-refractivity contribution is 9.10. The van der Waals surface area contributed by atoms with Gasteiger partial charge in [-0.3, -0.25) is 0 Å². The fourth-order valence-electron chi connectivity index (χ4n) is 1.70. The van der Waals surface area contributed by atoms with Crippen LogP contribution in [0.5, 0.6) is 5.75 Å². The highest BCUT2D eigenvalue weighted by Gasteiger charge is 2.08. The maximum absolute atomic E-state index is 13.6. The first kappa shape index (κ1) is 15.3. The molecule has 2 aromatic carbocycles. The van der Waals surface area contributed by atoms with Gasteiger partial charge in [-0.25, -0.2) is 4.39 Å². The number of ether oxygens (including phenoxy) is 1. The van der Waals surface area contributed by atoms with E-state index in [4.69, 9.17) is 16.3 Å². The topological polar surface area (TPSA) is 29.5 Å². The molecular weight excluding hydrogens is 347 g/mol. The predicted molar refractivity (Wildman–Crippen MR) is 80.5 cm³/mol. The second-order valence-electron chi connectivity index (χ2n) is 4.39. The second-order valence-corrected chi connectivity index (χ2v) is 5.71. The molecule has 5 heteroatoms. The van der Waals surface area contributed by atoms with Crippen LogP contribution >= 0.6 is 27.5 Å². The maximum Gasteiger partial charge on any atom is 0.138 e. The van der Waals surface area contributed by atoms with Gasteiger partial charge in [-0.1, -0.05) is 33.6 Å². The minimum atomic E-state index is -0.593. The average Bonchev–Trinajstić information content (AvgIpc) is 2.40. The summed E-state index contributed by atoms with van der Waals surface area (Å²) in [5.41, 5.74) is 1.14. The number of hydrogen-bond donors (Lipinski definition) is 1. The van der Waals surface area contributed by atoms with Gasteiger partial charge < -0.3 is 9.84 Å². The van der Waals surface area contributed by atoms with Crippen LogP contribution in [0.1, 0.15) is 24.2 Å². The number of rotatable bonds is 4. The van der Waals surface area contributed by atoms with Gasteiger partial charge in [-0.05, 0) is 42.8 Å². The Morgan fingerprint density at radius 3 is 2.70 bits per heavy atom. The van der Waals surface area contributed by atoms with Gasteiger partial charge >= 0.3 is 0 Å². The molecule has 2 aromatic rings. The molecule has 0 aliphatic heterocycles. The zero-order chi connectivity index (χ0) is 14.7. The molecule has 0 radical (unpaired) electrons. The van der Waals surface area contributed by atoms with Crippen LogP contribution in [0.25, 0.3) is 0 Å². The molecule has 2 rings (SSSR count). The molecule has 0 amide bonds. The van der Waals surface area contributed by atoms with Gasteiger partial charge in [0.25, 0.3) is 0 Å². The third kappa shape index (κ3) is 3.72. The fraction of sp³-hybridized carbons (Fsp3) is 0.200. The van der Waals surface area contributed by atoms with Crippen molar-refractivity contribution in [2.24, 2.45) is 0 Å². The van der Waals surface area contributed by atoms with Gasteiger partial charge in [-0.15, -0.1) is 0 Å². The van der Waals surface area contributed by atoms with Crippen LogP contribution in [-0.4, -0.2) is 5.11 Å². The lowest BCUT2D eigenvalue weighted by atomic mass is 10.1. The Hall–Kier alpha value is -1.10. The van der Waals surface area contributed by atoms with Crippen molar-refractivity contribution in [1.29, 1.82) is 0 Å². The highest BCUT2D eigenvalue weighted by atomic mass is 79.9. The van der Waals surface area contributed by atoms with Crippen molar-refractivity contribution in [3.8, 4) is 5.75 Å². The minimum absolute atomic E-state index is 0.0824. The van der Waals surface area contributed by atoms with E-state index in [1.54, 1.807) is 37.3 Å². The molecule has 1 atom stereocenters. The summed E-state index contributed by atoms with van der Waals surface area (Å²) in [6.07, 6.45) is -0.593. The molecule has 20 heavy (non-hydrogen) atoms. The van der Waals surface area contributed by atoms with Crippen LogP contribution in [-0.2, 0) is 6.61 Å². The third-order valence-electron chi connectivity index (χ3n) is 2.83. The maximum atomic E-state index is 13.6. The Kier molecular flexibility index (Phi) is 5.02. The summed E-state index contributed by atoms with van der Waals surface area (Å²) in [5.74, 6) is 0.125. The summed E-state index contributed by atoms with van der Waals surface area (Å²) in [4.78, 5) is 0. The van der Waals surface area contributed by atoms with Crippen molar-refractivity contribution >= 4 is 27.5 Å². The summed E-state index contributed by atoms with van der Waals surface area (Å²) in [5, 5.41) is 9.85. The molecule has 0 bridgehead atoms. The van der Waals surface area contributed by atoms with Crippen molar-refractivity contribution in [1.82, 2.24) is 0 Å². The van der Waals surface area contributed by atoms with Crippen LogP contribution in [0.15, 0.2) is 40.9 Å². The van der Waals surface area contributed by atoms with E-state index in [0.717, 1.165) is 4.47 Å². The molecule has 0 aliphatic carbocycles. The largest absolute Gasteiger partial charge is 0.487 e. The van der Waals surface area contributed by atoms with Gasteiger partial charge in [0.05, 0.1) is 11.1 Å². The molecule has 1 N–H and O–H groups in total. The quantitative estimate of drug-likeness (QED) is 0.843. The SMILES string of the molecule is C[C@@H](O)c1ccc(OCc2cc(Br)ccc2F)c(Cl)c1. The standard InChI is InChI=1S/C15H13BrClFO2/c1-9(19)10-2-5-15(13(17)7-10)20-8-11-6-12(16)3-4-14(11)18/h2-7,9,19H,8H2,1H3/t9-/m1/s1. The lowest BCUT2D eigenvalue weighted by Gasteiger charge is -2.11. The van der Waals surface area contributed by atoms with E-state index in [2.05, 4.69) is 15.9 Å². The third-order valence-corrected chi connectivity index (χ3v) is 3.62. The normalized spacial score (nSPS) is 12.2. The van der Waals surface area contributed by atoms with E-state index in [1.165, 1.54) is 6.07 Å². The molecule has 0 aliphatic rings. The summed E-state index contributed by atoms with van der Waals surface area (Å²) in [6.45, 7) is 1.74. The van der Waals surface area contributed by atoms with Gasteiger partial charge in [0, 0.05) is 10.0 Å².